The first-order chi connectivity index (χ1) is 6.96. The van der Waals surface area contributed by atoms with Crippen molar-refractivity contribution in [3.05, 3.63) is 0 Å². The molecular formula is C12H25ClN2O. The van der Waals surface area contributed by atoms with E-state index in [1.165, 1.54) is 12.8 Å². The molecule has 16 heavy (non-hydrogen) atoms. The van der Waals surface area contributed by atoms with Gasteiger partial charge >= 0.3 is 0 Å². The lowest BCUT2D eigenvalue weighted by Gasteiger charge is -2.30. The summed E-state index contributed by atoms with van der Waals surface area (Å²) in [5.74, 6) is 0.595. The highest BCUT2D eigenvalue weighted by Gasteiger charge is 2.28. The molecule has 0 atom stereocenters. The van der Waals surface area contributed by atoms with Gasteiger partial charge in [0, 0.05) is 19.5 Å². The standard InChI is InChI=1S/C12H24N2O.ClH/c1-12(2,8-13)9-14(3)11(15)10-6-4-5-7-10;/h10H,4-9,13H2,1-3H3;1H. The Labute approximate surface area is 105 Å². The molecule has 1 amide bonds. The molecule has 0 aromatic heterocycles. The van der Waals surface area contributed by atoms with E-state index in [-0.39, 0.29) is 23.7 Å². The van der Waals surface area contributed by atoms with Gasteiger partial charge in [-0.3, -0.25) is 4.79 Å². The minimum atomic E-state index is 0. The molecule has 0 heterocycles. The zero-order valence-electron chi connectivity index (χ0n) is 10.7. The van der Waals surface area contributed by atoms with Crippen LogP contribution in [-0.2, 0) is 4.79 Å². The average molecular weight is 249 g/mol. The van der Waals surface area contributed by atoms with Crippen molar-refractivity contribution in [1.82, 2.24) is 4.90 Å². The number of hydrogen-bond acceptors (Lipinski definition) is 2. The molecule has 0 aromatic carbocycles. The van der Waals surface area contributed by atoms with E-state index in [1.807, 2.05) is 11.9 Å². The highest BCUT2D eigenvalue weighted by molar-refractivity contribution is 5.85. The lowest BCUT2D eigenvalue weighted by Crippen LogP contribution is -2.41. The molecule has 1 rings (SSSR count). The molecular weight excluding hydrogens is 224 g/mol. The van der Waals surface area contributed by atoms with E-state index < -0.39 is 0 Å². The van der Waals surface area contributed by atoms with Gasteiger partial charge in [0.15, 0.2) is 0 Å². The summed E-state index contributed by atoms with van der Waals surface area (Å²) in [4.78, 5) is 13.9. The van der Waals surface area contributed by atoms with E-state index in [9.17, 15) is 4.79 Å². The first-order valence-corrected chi connectivity index (χ1v) is 5.91. The summed E-state index contributed by atoms with van der Waals surface area (Å²) in [5, 5.41) is 0. The van der Waals surface area contributed by atoms with Crippen LogP contribution in [0.2, 0.25) is 0 Å². The third-order valence-corrected chi connectivity index (χ3v) is 3.30. The largest absolute Gasteiger partial charge is 0.345 e. The molecule has 1 fully saturated rings. The van der Waals surface area contributed by atoms with Crippen molar-refractivity contribution >= 4 is 18.3 Å². The van der Waals surface area contributed by atoms with Gasteiger partial charge < -0.3 is 10.6 Å². The SMILES string of the molecule is CN(CC(C)(C)CN)C(=O)C1CCCC1.Cl. The van der Waals surface area contributed by atoms with E-state index >= 15 is 0 Å². The van der Waals surface area contributed by atoms with Gasteiger partial charge in [-0.1, -0.05) is 26.7 Å². The molecule has 1 saturated carbocycles. The van der Waals surface area contributed by atoms with Crippen molar-refractivity contribution in [1.29, 1.82) is 0 Å². The van der Waals surface area contributed by atoms with Gasteiger partial charge in [-0.05, 0) is 24.8 Å². The van der Waals surface area contributed by atoms with Gasteiger partial charge in [-0.25, -0.2) is 0 Å². The lowest BCUT2D eigenvalue weighted by molar-refractivity contribution is -0.135. The van der Waals surface area contributed by atoms with Gasteiger partial charge in [-0.15, -0.1) is 12.4 Å². The zero-order valence-corrected chi connectivity index (χ0v) is 11.5. The number of amides is 1. The first kappa shape index (κ1) is 15.7. The second kappa shape index (κ2) is 6.45. The Balaban J connectivity index is 0.00000225. The monoisotopic (exact) mass is 248 g/mol. The molecule has 4 heteroatoms. The van der Waals surface area contributed by atoms with Crippen LogP contribution in [0.15, 0.2) is 0 Å². The maximum absolute atomic E-state index is 12.0. The van der Waals surface area contributed by atoms with Crippen molar-refractivity contribution in [2.24, 2.45) is 17.1 Å². The van der Waals surface area contributed by atoms with Crippen LogP contribution in [0, 0.1) is 11.3 Å². The van der Waals surface area contributed by atoms with Crippen molar-refractivity contribution in [2.75, 3.05) is 20.1 Å². The number of nitrogens with zero attached hydrogens (tertiary/aromatic N) is 1. The Morgan fingerprint density at radius 3 is 2.31 bits per heavy atom. The third kappa shape index (κ3) is 4.30. The van der Waals surface area contributed by atoms with E-state index in [1.54, 1.807) is 0 Å². The topological polar surface area (TPSA) is 46.3 Å². The number of rotatable bonds is 4. The summed E-state index contributed by atoms with van der Waals surface area (Å²) in [5.41, 5.74) is 5.70. The smallest absolute Gasteiger partial charge is 0.225 e. The fraction of sp³-hybridized carbons (Fsp3) is 0.917. The molecule has 0 spiro atoms. The molecule has 1 aliphatic rings. The maximum atomic E-state index is 12.0. The van der Waals surface area contributed by atoms with Gasteiger partial charge in [0.25, 0.3) is 0 Å². The fourth-order valence-electron chi connectivity index (χ4n) is 2.27. The summed E-state index contributed by atoms with van der Waals surface area (Å²) < 4.78 is 0. The Morgan fingerprint density at radius 2 is 1.88 bits per heavy atom. The molecule has 0 aliphatic heterocycles. The highest BCUT2D eigenvalue weighted by atomic mass is 35.5. The van der Waals surface area contributed by atoms with Crippen molar-refractivity contribution in [3.63, 3.8) is 0 Å². The lowest BCUT2D eigenvalue weighted by atomic mass is 9.92. The van der Waals surface area contributed by atoms with E-state index in [2.05, 4.69) is 13.8 Å². The van der Waals surface area contributed by atoms with Crippen LogP contribution in [0.5, 0.6) is 0 Å². The minimum absolute atomic E-state index is 0. The highest BCUT2D eigenvalue weighted by Crippen LogP contribution is 2.27. The normalized spacial score (nSPS) is 17.0. The summed E-state index contributed by atoms with van der Waals surface area (Å²) >= 11 is 0. The van der Waals surface area contributed by atoms with E-state index in [4.69, 9.17) is 5.73 Å². The average Bonchev–Trinajstić information content (AvgIpc) is 2.68. The van der Waals surface area contributed by atoms with Gasteiger partial charge in [0.05, 0.1) is 0 Å². The van der Waals surface area contributed by atoms with Crippen molar-refractivity contribution < 1.29 is 4.79 Å². The van der Waals surface area contributed by atoms with Gasteiger partial charge in [0.1, 0.15) is 0 Å². The Hall–Kier alpha value is -0.280. The van der Waals surface area contributed by atoms with Crippen LogP contribution >= 0.6 is 12.4 Å². The Bertz CT molecular complexity index is 225. The molecule has 0 unspecified atom stereocenters. The summed E-state index contributed by atoms with van der Waals surface area (Å²) in [6.45, 7) is 5.59. The fourth-order valence-corrected chi connectivity index (χ4v) is 2.27. The van der Waals surface area contributed by atoms with E-state index in [0.29, 0.717) is 12.5 Å². The van der Waals surface area contributed by atoms with Crippen LogP contribution in [0.1, 0.15) is 39.5 Å². The Kier molecular flexibility index (Phi) is 6.34. The van der Waals surface area contributed by atoms with Crippen LogP contribution in [0.25, 0.3) is 0 Å². The molecule has 0 aromatic rings. The second-order valence-electron chi connectivity index (χ2n) is 5.54. The second-order valence-corrected chi connectivity index (χ2v) is 5.54. The number of nitrogens with two attached hydrogens (primary N) is 1. The molecule has 0 radical (unpaired) electrons. The first-order valence-electron chi connectivity index (χ1n) is 5.91. The molecule has 3 nitrogen and oxygen atoms in total. The number of hydrogen-bond donors (Lipinski definition) is 1. The molecule has 0 bridgehead atoms. The van der Waals surface area contributed by atoms with Crippen LogP contribution in [0.3, 0.4) is 0 Å². The molecule has 96 valence electrons. The number of carbonyl (C=O) groups is 1. The predicted octanol–water partition coefficient (Wildman–Crippen LogP) is 2.04. The van der Waals surface area contributed by atoms with Gasteiger partial charge in [-0.2, -0.15) is 0 Å². The third-order valence-electron chi connectivity index (χ3n) is 3.30. The molecule has 1 aliphatic carbocycles. The Morgan fingerprint density at radius 1 is 1.38 bits per heavy atom. The van der Waals surface area contributed by atoms with E-state index in [0.717, 1.165) is 19.4 Å². The van der Waals surface area contributed by atoms with Gasteiger partial charge in [0.2, 0.25) is 5.91 Å². The van der Waals surface area contributed by atoms with Crippen molar-refractivity contribution in [3.8, 4) is 0 Å². The summed E-state index contributed by atoms with van der Waals surface area (Å²) in [6.07, 6.45) is 4.58. The van der Waals surface area contributed by atoms with Crippen LogP contribution in [0.4, 0.5) is 0 Å². The van der Waals surface area contributed by atoms with Crippen molar-refractivity contribution in [2.45, 2.75) is 39.5 Å². The summed E-state index contributed by atoms with van der Waals surface area (Å²) in [6, 6.07) is 0. The minimum Gasteiger partial charge on any atom is -0.345 e. The van der Waals surface area contributed by atoms with Crippen LogP contribution in [-0.4, -0.2) is 30.9 Å². The maximum Gasteiger partial charge on any atom is 0.225 e. The molecule has 0 saturated heterocycles. The number of halogens is 1. The zero-order chi connectivity index (χ0) is 11.5. The van der Waals surface area contributed by atoms with Crippen LogP contribution < -0.4 is 5.73 Å². The number of carbonyl (C=O) groups excluding carboxylic acids is 1. The quantitative estimate of drug-likeness (QED) is 0.828. The molecule has 2 N–H and O–H groups in total. The predicted molar refractivity (Wildman–Crippen MR) is 69.7 cm³/mol. The summed E-state index contributed by atoms with van der Waals surface area (Å²) in [7, 11) is 1.90.